The Hall–Kier alpha value is -3.29. The first kappa shape index (κ1) is 20.6. The monoisotopic (exact) mass is 459 g/mol. The Morgan fingerprint density at radius 2 is 1.66 bits per heavy atom. The van der Waals surface area contributed by atoms with Gasteiger partial charge in [0.05, 0.1) is 23.7 Å². The standard InChI is InChI=1S/C25H21N3O2S2/c29-23(19-12-14-31-16-19)27-25-26-20-11-13-28(15-21(20)32-25)24(30)22(17-7-3-1-4-8-17)18-9-5-2-6-10-18/h1-10,12,14,16,22H,11,13,15H2,(H,26,27,29). The van der Waals surface area contributed by atoms with Gasteiger partial charge in [0, 0.05) is 23.2 Å². The fourth-order valence-electron chi connectivity index (χ4n) is 3.95. The quantitative estimate of drug-likeness (QED) is 0.448. The van der Waals surface area contributed by atoms with Gasteiger partial charge in [-0.05, 0) is 22.6 Å². The molecule has 0 saturated carbocycles. The van der Waals surface area contributed by atoms with Gasteiger partial charge >= 0.3 is 0 Å². The largest absolute Gasteiger partial charge is 0.336 e. The number of thiazole rings is 1. The second-order valence-electron chi connectivity index (χ2n) is 7.62. The summed E-state index contributed by atoms with van der Waals surface area (Å²) in [5, 5.41) is 7.17. The summed E-state index contributed by atoms with van der Waals surface area (Å²) in [5.74, 6) is -0.409. The number of hydrogen-bond donors (Lipinski definition) is 1. The highest BCUT2D eigenvalue weighted by molar-refractivity contribution is 7.16. The van der Waals surface area contributed by atoms with Crippen molar-refractivity contribution in [2.75, 3.05) is 11.9 Å². The van der Waals surface area contributed by atoms with Gasteiger partial charge in [-0.1, -0.05) is 72.0 Å². The fraction of sp³-hybridized carbons (Fsp3) is 0.160. The topological polar surface area (TPSA) is 62.3 Å². The number of rotatable bonds is 5. The molecule has 0 bridgehead atoms. The van der Waals surface area contributed by atoms with E-state index in [0.29, 0.717) is 30.2 Å². The molecule has 1 aliphatic rings. The second kappa shape index (κ2) is 9.06. The van der Waals surface area contributed by atoms with E-state index in [2.05, 4.69) is 10.3 Å². The number of amides is 2. The van der Waals surface area contributed by atoms with Crippen molar-refractivity contribution in [3.05, 3.63) is 105 Å². The Morgan fingerprint density at radius 1 is 0.969 bits per heavy atom. The Bertz CT molecular complexity index is 1180. The number of aromatic nitrogens is 1. The molecule has 5 rings (SSSR count). The number of nitrogens with one attached hydrogen (secondary N) is 1. The lowest BCUT2D eigenvalue weighted by molar-refractivity contribution is -0.132. The molecule has 1 N–H and O–H groups in total. The Kier molecular flexibility index (Phi) is 5.83. The lowest BCUT2D eigenvalue weighted by Gasteiger charge is -2.30. The van der Waals surface area contributed by atoms with Crippen LogP contribution in [0.1, 0.15) is 38.0 Å². The summed E-state index contributed by atoms with van der Waals surface area (Å²) in [4.78, 5) is 33.6. The zero-order valence-electron chi connectivity index (χ0n) is 17.2. The maximum atomic E-state index is 13.7. The summed E-state index contributed by atoms with van der Waals surface area (Å²) in [5.41, 5.74) is 3.58. The predicted octanol–water partition coefficient (Wildman–Crippen LogP) is 5.17. The van der Waals surface area contributed by atoms with Crippen LogP contribution in [0.25, 0.3) is 0 Å². The van der Waals surface area contributed by atoms with E-state index in [1.807, 2.05) is 76.3 Å². The molecule has 0 aliphatic carbocycles. The first-order valence-corrected chi connectivity index (χ1v) is 12.2. The highest BCUT2D eigenvalue weighted by atomic mass is 32.1. The van der Waals surface area contributed by atoms with Gasteiger partial charge in [-0.15, -0.1) is 0 Å². The number of carbonyl (C=O) groups is 2. The van der Waals surface area contributed by atoms with Crippen molar-refractivity contribution in [1.82, 2.24) is 9.88 Å². The number of hydrogen-bond acceptors (Lipinski definition) is 5. The summed E-state index contributed by atoms with van der Waals surface area (Å²) in [7, 11) is 0. The molecule has 7 heteroatoms. The Balaban J connectivity index is 1.36. The SMILES string of the molecule is O=C(Nc1nc2c(s1)CN(C(=O)C(c1ccccc1)c1ccccc1)CC2)c1ccsc1. The van der Waals surface area contributed by atoms with Gasteiger partial charge in [-0.2, -0.15) is 11.3 Å². The zero-order chi connectivity index (χ0) is 21.9. The maximum absolute atomic E-state index is 13.7. The van der Waals surface area contributed by atoms with E-state index in [9.17, 15) is 9.59 Å². The molecule has 4 aromatic rings. The van der Waals surface area contributed by atoms with Gasteiger partial charge in [-0.25, -0.2) is 4.98 Å². The van der Waals surface area contributed by atoms with Crippen LogP contribution in [0, 0.1) is 0 Å². The first-order valence-electron chi connectivity index (χ1n) is 10.4. The lowest BCUT2D eigenvalue weighted by atomic mass is 9.89. The molecule has 5 nitrogen and oxygen atoms in total. The summed E-state index contributed by atoms with van der Waals surface area (Å²) in [6.45, 7) is 1.12. The second-order valence-corrected chi connectivity index (χ2v) is 9.48. The van der Waals surface area contributed by atoms with Crippen LogP contribution in [-0.2, 0) is 17.8 Å². The van der Waals surface area contributed by atoms with Gasteiger partial charge < -0.3 is 4.90 Å². The number of fused-ring (bicyclic) bond motifs is 1. The highest BCUT2D eigenvalue weighted by Crippen LogP contribution is 2.32. The number of carbonyl (C=O) groups excluding carboxylic acids is 2. The third kappa shape index (κ3) is 4.22. The summed E-state index contributed by atoms with van der Waals surface area (Å²) < 4.78 is 0. The molecule has 32 heavy (non-hydrogen) atoms. The van der Waals surface area contributed by atoms with E-state index >= 15 is 0 Å². The van der Waals surface area contributed by atoms with E-state index in [1.165, 1.54) is 22.7 Å². The van der Waals surface area contributed by atoms with Crippen molar-refractivity contribution in [2.24, 2.45) is 0 Å². The lowest BCUT2D eigenvalue weighted by Crippen LogP contribution is -2.39. The molecule has 0 radical (unpaired) electrons. The van der Waals surface area contributed by atoms with Crippen LogP contribution in [0.4, 0.5) is 5.13 Å². The Morgan fingerprint density at radius 3 is 2.28 bits per heavy atom. The van der Waals surface area contributed by atoms with Crippen LogP contribution in [0.15, 0.2) is 77.5 Å². The van der Waals surface area contributed by atoms with E-state index in [-0.39, 0.29) is 17.7 Å². The molecular weight excluding hydrogens is 438 g/mol. The first-order chi connectivity index (χ1) is 15.7. The van der Waals surface area contributed by atoms with Crippen LogP contribution >= 0.6 is 22.7 Å². The van der Waals surface area contributed by atoms with E-state index < -0.39 is 0 Å². The smallest absolute Gasteiger partial charge is 0.258 e. The van der Waals surface area contributed by atoms with Gasteiger partial charge in [-0.3, -0.25) is 14.9 Å². The molecule has 0 spiro atoms. The fourth-order valence-corrected chi connectivity index (χ4v) is 5.61. The number of thiophene rings is 1. The summed E-state index contributed by atoms with van der Waals surface area (Å²) in [6, 6.07) is 21.6. The average Bonchev–Trinajstić information content (AvgIpc) is 3.50. The Labute approximate surface area is 194 Å². The van der Waals surface area contributed by atoms with Gasteiger partial charge in [0.2, 0.25) is 5.91 Å². The van der Waals surface area contributed by atoms with E-state index in [1.54, 1.807) is 6.07 Å². The van der Waals surface area contributed by atoms with E-state index in [0.717, 1.165) is 21.7 Å². The average molecular weight is 460 g/mol. The van der Waals surface area contributed by atoms with Crippen LogP contribution in [0.5, 0.6) is 0 Å². The predicted molar refractivity (Wildman–Crippen MR) is 128 cm³/mol. The van der Waals surface area contributed by atoms with Crippen molar-refractivity contribution in [1.29, 1.82) is 0 Å². The third-order valence-electron chi connectivity index (χ3n) is 5.56. The minimum absolute atomic E-state index is 0.0882. The molecule has 160 valence electrons. The summed E-state index contributed by atoms with van der Waals surface area (Å²) >= 11 is 2.94. The minimum atomic E-state index is -0.343. The molecule has 0 fully saturated rings. The summed E-state index contributed by atoms with van der Waals surface area (Å²) in [6.07, 6.45) is 0.683. The molecule has 3 heterocycles. The van der Waals surface area contributed by atoms with Crippen molar-refractivity contribution < 1.29 is 9.59 Å². The van der Waals surface area contributed by atoms with Crippen molar-refractivity contribution in [2.45, 2.75) is 18.9 Å². The van der Waals surface area contributed by atoms with Crippen LogP contribution < -0.4 is 5.32 Å². The van der Waals surface area contributed by atoms with Crippen LogP contribution in [0.2, 0.25) is 0 Å². The molecule has 0 atom stereocenters. The molecule has 2 aromatic heterocycles. The number of anilines is 1. The highest BCUT2D eigenvalue weighted by Gasteiger charge is 2.31. The van der Waals surface area contributed by atoms with Gasteiger partial charge in [0.15, 0.2) is 5.13 Å². The van der Waals surface area contributed by atoms with Crippen molar-refractivity contribution >= 4 is 39.6 Å². The normalized spacial score (nSPS) is 13.1. The minimum Gasteiger partial charge on any atom is -0.336 e. The molecule has 2 aromatic carbocycles. The van der Waals surface area contributed by atoms with Gasteiger partial charge in [0.1, 0.15) is 0 Å². The number of benzene rings is 2. The molecule has 2 amide bonds. The van der Waals surface area contributed by atoms with Crippen LogP contribution in [0.3, 0.4) is 0 Å². The molecule has 0 unspecified atom stereocenters. The van der Waals surface area contributed by atoms with Crippen molar-refractivity contribution in [3.8, 4) is 0 Å². The molecular formula is C25H21N3O2S2. The van der Waals surface area contributed by atoms with Crippen LogP contribution in [-0.4, -0.2) is 28.2 Å². The molecule has 0 saturated heterocycles. The maximum Gasteiger partial charge on any atom is 0.258 e. The number of nitrogens with zero attached hydrogens (tertiary/aromatic N) is 2. The zero-order valence-corrected chi connectivity index (χ0v) is 18.9. The van der Waals surface area contributed by atoms with E-state index in [4.69, 9.17) is 0 Å². The van der Waals surface area contributed by atoms with Crippen molar-refractivity contribution in [3.63, 3.8) is 0 Å². The molecule has 1 aliphatic heterocycles. The third-order valence-corrected chi connectivity index (χ3v) is 7.24. The van der Waals surface area contributed by atoms with Gasteiger partial charge in [0.25, 0.3) is 5.91 Å².